The van der Waals surface area contributed by atoms with E-state index < -0.39 is 5.79 Å². The van der Waals surface area contributed by atoms with Crippen molar-refractivity contribution < 1.29 is 9.47 Å². The van der Waals surface area contributed by atoms with Crippen LogP contribution in [0.4, 0.5) is 0 Å². The second-order valence-corrected chi connectivity index (χ2v) is 7.37. The van der Waals surface area contributed by atoms with Gasteiger partial charge in [-0.25, -0.2) is 4.31 Å². The number of para-hydroxylation sites is 2. The molecule has 0 aromatic heterocycles. The molecule has 0 unspecified atom stereocenters. The van der Waals surface area contributed by atoms with E-state index in [9.17, 15) is 0 Å². The van der Waals surface area contributed by atoms with Crippen LogP contribution in [-0.4, -0.2) is 21.2 Å². The van der Waals surface area contributed by atoms with Crippen molar-refractivity contribution in [3.8, 4) is 11.5 Å². The molecule has 0 bridgehead atoms. The van der Waals surface area contributed by atoms with Gasteiger partial charge in [0.2, 0.25) is 0 Å². The van der Waals surface area contributed by atoms with Crippen LogP contribution in [0.15, 0.2) is 24.3 Å². The molecule has 21 heavy (non-hydrogen) atoms. The summed E-state index contributed by atoms with van der Waals surface area (Å²) in [5.41, 5.74) is -0.0949. The van der Waals surface area contributed by atoms with E-state index in [1.807, 2.05) is 24.3 Å². The first-order valence-electron chi connectivity index (χ1n) is 7.83. The zero-order valence-electron chi connectivity index (χ0n) is 13.3. The number of nitrogens with zero attached hydrogens (tertiary/aromatic N) is 1. The van der Waals surface area contributed by atoms with Crippen molar-refractivity contribution in [3.63, 3.8) is 0 Å². The van der Waals surface area contributed by atoms with Gasteiger partial charge in [-0.2, -0.15) is 0 Å². The van der Waals surface area contributed by atoms with Crippen LogP contribution in [0, 0.1) is 0 Å². The van der Waals surface area contributed by atoms with Crippen LogP contribution in [0.1, 0.15) is 53.4 Å². The fraction of sp³-hybridized carbons (Fsp3) is 0.647. The molecular weight excluding hydrogens is 282 g/mol. The van der Waals surface area contributed by atoms with Gasteiger partial charge in [-0.15, -0.1) is 0 Å². The topological polar surface area (TPSA) is 21.7 Å². The van der Waals surface area contributed by atoms with Gasteiger partial charge < -0.3 is 9.47 Å². The molecule has 1 aromatic carbocycles. The van der Waals surface area contributed by atoms with E-state index in [4.69, 9.17) is 22.3 Å². The van der Waals surface area contributed by atoms with Crippen molar-refractivity contribution in [1.29, 1.82) is 0 Å². The summed E-state index contributed by atoms with van der Waals surface area (Å²) in [7, 11) is 0. The second-order valence-electron chi connectivity index (χ2n) is 6.97. The molecule has 1 saturated heterocycles. The minimum absolute atomic E-state index is 0.00704. The maximum absolute atomic E-state index is 6.30. The van der Waals surface area contributed by atoms with E-state index in [2.05, 4.69) is 32.0 Å². The average Bonchev–Trinajstić information content (AvgIpc) is 2.79. The van der Waals surface area contributed by atoms with Crippen LogP contribution in [0.25, 0.3) is 0 Å². The van der Waals surface area contributed by atoms with E-state index >= 15 is 0 Å². The molecule has 0 radical (unpaired) electrons. The Morgan fingerprint density at radius 2 is 1.57 bits per heavy atom. The number of hydrogen-bond acceptors (Lipinski definition) is 4. The number of rotatable bonds is 2. The van der Waals surface area contributed by atoms with Gasteiger partial charge in [-0.3, -0.25) is 0 Å². The highest BCUT2D eigenvalue weighted by molar-refractivity contribution is 7.77. The summed E-state index contributed by atoms with van der Waals surface area (Å²) in [5.74, 6) is 1.17. The molecule has 4 heteroatoms. The minimum Gasteiger partial charge on any atom is -0.448 e. The van der Waals surface area contributed by atoms with Crippen molar-refractivity contribution in [1.82, 2.24) is 4.31 Å². The van der Waals surface area contributed by atoms with E-state index in [1.165, 1.54) is 0 Å². The van der Waals surface area contributed by atoms with Crippen LogP contribution in [0.3, 0.4) is 0 Å². The zero-order chi connectivity index (χ0) is 15.3. The van der Waals surface area contributed by atoms with Gasteiger partial charge in [0, 0.05) is 23.9 Å². The van der Waals surface area contributed by atoms with Gasteiger partial charge in [0.05, 0.1) is 0 Å². The Bertz CT molecular complexity index is 514. The standard InChI is InChI=1S/C17H25NO2S/c1-5-16(6-2)12-17(11-15(3,4)18(16)21)19-13-9-7-8-10-14(13)20-17/h7-10,21H,5-6,11-12H2,1-4H3. The SMILES string of the molecule is CCC1(CC)CC2(CC(C)(C)N1S)Oc1ccccc1O2. The highest BCUT2D eigenvalue weighted by Crippen LogP contribution is 2.53. The van der Waals surface area contributed by atoms with Gasteiger partial charge in [-0.05, 0) is 38.8 Å². The first kappa shape index (κ1) is 15.0. The summed E-state index contributed by atoms with van der Waals surface area (Å²) in [6.07, 6.45) is 3.71. The van der Waals surface area contributed by atoms with Crippen LogP contribution in [0.2, 0.25) is 0 Å². The predicted octanol–water partition coefficient (Wildman–Crippen LogP) is 4.43. The molecule has 0 aliphatic carbocycles. The number of benzene rings is 1. The van der Waals surface area contributed by atoms with Gasteiger partial charge in [-0.1, -0.05) is 38.8 Å². The smallest absolute Gasteiger partial charge is 0.255 e. The molecule has 0 N–H and O–H groups in total. The van der Waals surface area contributed by atoms with Crippen molar-refractivity contribution in [3.05, 3.63) is 24.3 Å². The van der Waals surface area contributed by atoms with Crippen LogP contribution in [-0.2, 0) is 0 Å². The van der Waals surface area contributed by atoms with Crippen molar-refractivity contribution in [2.24, 2.45) is 0 Å². The number of hydrogen-bond donors (Lipinski definition) is 1. The first-order valence-corrected chi connectivity index (χ1v) is 8.23. The van der Waals surface area contributed by atoms with Gasteiger partial charge in [0.25, 0.3) is 5.79 Å². The number of fused-ring (bicyclic) bond motifs is 1. The van der Waals surface area contributed by atoms with Gasteiger partial charge >= 0.3 is 0 Å². The second kappa shape index (κ2) is 4.82. The number of piperidine rings is 1. The molecule has 2 aliphatic rings. The van der Waals surface area contributed by atoms with Crippen LogP contribution < -0.4 is 9.47 Å². The normalized spacial score (nSPS) is 25.2. The third kappa shape index (κ3) is 2.23. The van der Waals surface area contributed by atoms with Gasteiger partial charge in [0.15, 0.2) is 11.5 Å². The molecule has 1 aromatic rings. The molecule has 0 amide bonds. The number of thiol groups is 1. The summed E-state index contributed by atoms with van der Waals surface area (Å²) in [4.78, 5) is 0. The van der Waals surface area contributed by atoms with Crippen molar-refractivity contribution >= 4 is 12.8 Å². The molecule has 1 fully saturated rings. The zero-order valence-corrected chi connectivity index (χ0v) is 14.2. The third-order valence-electron chi connectivity index (χ3n) is 5.08. The maximum Gasteiger partial charge on any atom is 0.255 e. The lowest BCUT2D eigenvalue weighted by molar-refractivity contribution is -0.176. The maximum atomic E-state index is 6.30. The quantitative estimate of drug-likeness (QED) is 0.817. The van der Waals surface area contributed by atoms with E-state index in [0.717, 1.165) is 37.2 Å². The minimum atomic E-state index is -0.557. The average molecular weight is 307 g/mol. The van der Waals surface area contributed by atoms with E-state index in [1.54, 1.807) is 0 Å². The van der Waals surface area contributed by atoms with E-state index in [-0.39, 0.29) is 11.1 Å². The fourth-order valence-electron chi connectivity index (χ4n) is 4.00. The molecule has 0 saturated carbocycles. The summed E-state index contributed by atoms with van der Waals surface area (Å²) in [6, 6.07) is 7.97. The summed E-state index contributed by atoms with van der Waals surface area (Å²) >= 11 is 4.84. The van der Waals surface area contributed by atoms with Gasteiger partial charge in [0.1, 0.15) is 0 Å². The fourth-order valence-corrected chi connectivity index (χ4v) is 4.42. The Morgan fingerprint density at radius 3 is 2.05 bits per heavy atom. The monoisotopic (exact) mass is 307 g/mol. The first-order chi connectivity index (χ1) is 9.86. The molecule has 2 aliphatic heterocycles. The summed E-state index contributed by atoms with van der Waals surface area (Å²) in [5, 5.41) is 0. The third-order valence-corrected chi connectivity index (χ3v) is 6.05. The Balaban J connectivity index is 1.99. The molecule has 2 heterocycles. The Morgan fingerprint density at radius 1 is 1.05 bits per heavy atom. The van der Waals surface area contributed by atoms with Crippen molar-refractivity contribution in [2.45, 2.75) is 70.2 Å². The highest BCUT2D eigenvalue weighted by atomic mass is 32.1. The highest BCUT2D eigenvalue weighted by Gasteiger charge is 2.58. The lowest BCUT2D eigenvalue weighted by Gasteiger charge is -2.56. The molecular formula is C17H25NO2S. The van der Waals surface area contributed by atoms with E-state index in [0.29, 0.717) is 0 Å². The molecule has 0 atom stereocenters. The Labute approximate surface area is 133 Å². The lowest BCUT2D eigenvalue weighted by atomic mass is 9.74. The Kier molecular flexibility index (Phi) is 3.45. The molecule has 3 rings (SSSR count). The van der Waals surface area contributed by atoms with Crippen LogP contribution in [0.5, 0.6) is 11.5 Å². The molecule has 1 spiro atoms. The van der Waals surface area contributed by atoms with Crippen molar-refractivity contribution in [2.75, 3.05) is 0 Å². The lowest BCUT2D eigenvalue weighted by Crippen LogP contribution is -2.66. The Hall–Kier alpha value is -0.870. The molecule has 116 valence electrons. The number of ether oxygens (including phenoxy) is 2. The molecule has 3 nitrogen and oxygen atoms in total. The summed E-state index contributed by atoms with van der Waals surface area (Å²) in [6.45, 7) is 8.89. The largest absolute Gasteiger partial charge is 0.448 e. The predicted molar refractivity (Wildman–Crippen MR) is 87.9 cm³/mol. The van der Waals surface area contributed by atoms with Crippen LogP contribution >= 0.6 is 12.8 Å². The summed E-state index contributed by atoms with van der Waals surface area (Å²) < 4.78 is 14.8.